The number of rotatable bonds is 6. The maximum Gasteiger partial charge on any atom is 0.242 e. The number of nitrogens with one attached hydrogen (secondary N) is 2. The van der Waals surface area contributed by atoms with Gasteiger partial charge in [0.25, 0.3) is 0 Å². The monoisotopic (exact) mass is 457 g/mol. The zero-order chi connectivity index (χ0) is 23.6. The van der Waals surface area contributed by atoms with Crippen molar-refractivity contribution in [3.8, 4) is 0 Å². The summed E-state index contributed by atoms with van der Waals surface area (Å²) in [5.74, 6) is -0.735. The number of anilines is 2. The van der Waals surface area contributed by atoms with E-state index in [-0.39, 0.29) is 16.7 Å². The fraction of sp³-hybridized carbons (Fsp3) is 0.417. The van der Waals surface area contributed by atoms with Gasteiger partial charge in [0.15, 0.2) is 0 Å². The van der Waals surface area contributed by atoms with Crippen LogP contribution in [0, 0.1) is 19.8 Å². The molecule has 0 spiro atoms. The van der Waals surface area contributed by atoms with Crippen molar-refractivity contribution < 1.29 is 18.0 Å². The van der Waals surface area contributed by atoms with Crippen LogP contribution in [0.4, 0.5) is 11.4 Å². The van der Waals surface area contributed by atoms with Gasteiger partial charge in [0.1, 0.15) is 6.04 Å². The Labute approximate surface area is 190 Å². The van der Waals surface area contributed by atoms with Gasteiger partial charge >= 0.3 is 0 Å². The summed E-state index contributed by atoms with van der Waals surface area (Å²) in [4.78, 5) is 26.6. The van der Waals surface area contributed by atoms with Gasteiger partial charge in [-0.1, -0.05) is 26.0 Å². The van der Waals surface area contributed by atoms with Crippen LogP contribution in [0.1, 0.15) is 43.9 Å². The smallest absolute Gasteiger partial charge is 0.242 e. The molecule has 1 aliphatic heterocycles. The lowest BCUT2D eigenvalue weighted by atomic mass is 10.0. The van der Waals surface area contributed by atoms with E-state index < -0.39 is 22.0 Å². The fourth-order valence-electron chi connectivity index (χ4n) is 3.88. The number of benzene rings is 2. The summed E-state index contributed by atoms with van der Waals surface area (Å²) in [6, 6.07) is 9.56. The van der Waals surface area contributed by atoms with Crippen LogP contribution in [0.2, 0.25) is 0 Å². The number of hydrogen-bond acceptors (Lipinski definition) is 4. The van der Waals surface area contributed by atoms with Crippen LogP contribution in [-0.2, 0) is 26.0 Å². The van der Waals surface area contributed by atoms with E-state index in [1.807, 2.05) is 32.0 Å². The first-order valence-electron chi connectivity index (χ1n) is 10.8. The lowest BCUT2D eigenvalue weighted by Crippen LogP contribution is -2.47. The Hall–Kier alpha value is -2.71. The second-order valence-electron chi connectivity index (χ2n) is 8.72. The number of carbonyl (C=O) groups excluding carboxylic acids is 2. The number of sulfonamides is 1. The van der Waals surface area contributed by atoms with E-state index in [4.69, 9.17) is 0 Å². The predicted octanol–water partition coefficient (Wildman–Crippen LogP) is 3.54. The van der Waals surface area contributed by atoms with Crippen LogP contribution in [0.5, 0.6) is 0 Å². The molecular weight excluding hydrogens is 426 g/mol. The fourth-order valence-corrected chi connectivity index (χ4v) is 5.27. The average Bonchev–Trinajstić information content (AvgIpc) is 2.73. The summed E-state index contributed by atoms with van der Waals surface area (Å²) in [5.41, 5.74) is 4.13. The van der Waals surface area contributed by atoms with E-state index in [0.29, 0.717) is 18.7 Å². The highest BCUT2D eigenvalue weighted by Gasteiger charge is 2.30. The highest BCUT2D eigenvalue weighted by Crippen LogP contribution is 2.30. The van der Waals surface area contributed by atoms with Gasteiger partial charge in [0.05, 0.1) is 4.90 Å². The Kier molecular flexibility index (Phi) is 7.05. The second-order valence-corrected chi connectivity index (χ2v) is 10.4. The van der Waals surface area contributed by atoms with Crippen molar-refractivity contribution in [3.05, 3.63) is 53.1 Å². The zero-order valence-corrected chi connectivity index (χ0v) is 20.0. The number of amides is 2. The van der Waals surface area contributed by atoms with Crippen molar-refractivity contribution in [2.24, 2.45) is 5.92 Å². The first-order chi connectivity index (χ1) is 15.0. The third-order valence-electron chi connectivity index (χ3n) is 5.74. The van der Waals surface area contributed by atoms with E-state index in [9.17, 15) is 18.0 Å². The Morgan fingerprint density at radius 1 is 1.06 bits per heavy atom. The van der Waals surface area contributed by atoms with E-state index in [1.165, 1.54) is 13.0 Å². The molecule has 2 amide bonds. The van der Waals surface area contributed by atoms with E-state index >= 15 is 0 Å². The zero-order valence-electron chi connectivity index (χ0n) is 19.2. The molecule has 0 saturated heterocycles. The predicted molar refractivity (Wildman–Crippen MR) is 126 cm³/mol. The number of aryl methyl sites for hydroxylation is 3. The first kappa shape index (κ1) is 23.9. The highest BCUT2D eigenvalue weighted by atomic mass is 32.2. The summed E-state index contributed by atoms with van der Waals surface area (Å²) in [7, 11) is -3.95. The lowest BCUT2D eigenvalue weighted by Gasteiger charge is -2.29. The molecule has 7 nitrogen and oxygen atoms in total. The molecule has 3 rings (SSSR count). The molecule has 1 heterocycles. The van der Waals surface area contributed by atoms with E-state index in [1.54, 1.807) is 30.9 Å². The molecule has 8 heteroatoms. The van der Waals surface area contributed by atoms with Crippen LogP contribution >= 0.6 is 0 Å². The summed E-state index contributed by atoms with van der Waals surface area (Å²) >= 11 is 0. The van der Waals surface area contributed by atoms with E-state index in [2.05, 4.69) is 10.0 Å². The Morgan fingerprint density at radius 3 is 2.44 bits per heavy atom. The summed E-state index contributed by atoms with van der Waals surface area (Å²) in [6.45, 7) is 9.55. The SMILES string of the molecule is CC(=O)N1CCCc2cc(S(=O)(=O)N[C@H](C(=O)Nc3cc(C)ccc3C)C(C)C)ccc21. The number of fused-ring (bicyclic) bond motifs is 1. The molecule has 1 atom stereocenters. The van der Waals surface area contributed by atoms with Crippen molar-refractivity contribution in [1.82, 2.24) is 4.72 Å². The molecule has 0 saturated carbocycles. The third-order valence-corrected chi connectivity index (χ3v) is 7.18. The maximum absolute atomic E-state index is 13.2. The number of carbonyl (C=O) groups is 2. The van der Waals surface area contributed by atoms with Crippen LogP contribution < -0.4 is 14.9 Å². The van der Waals surface area contributed by atoms with Crippen molar-refractivity contribution in [1.29, 1.82) is 0 Å². The topological polar surface area (TPSA) is 95.6 Å². The Balaban J connectivity index is 1.85. The first-order valence-corrected chi connectivity index (χ1v) is 12.3. The van der Waals surface area contributed by atoms with E-state index in [0.717, 1.165) is 28.8 Å². The molecule has 0 unspecified atom stereocenters. The lowest BCUT2D eigenvalue weighted by molar-refractivity contribution is -0.118. The Morgan fingerprint density at radius 2 is 1.78 bits per heavy atom. The van der Waals surface area contributed by atoms with Gasteiger partial charge < -0.3 is 10.2 Å². The largest absolute Gasteiger partial charge is 0.324 e. The normalized spacial score (nSPS) is 14.8. The van der Waals surface area contributed by atoms with Gasteiger partial charge in [-0.15, -0.1) is 0 Å². The summed E-state index contributed by atoms with van der Waals surface area (Å²) < 4.78 is 28.9. The van der Waals surface area contributed by atoms with Crippen LogP contribution in [0.3, 0.4) is 0 Å². The van der Waals surface area contributed by atoms with Gasteiger partial charge in [-0.25, -0.2) is 8.42 Å². The Bertz CT molecular complexity index is 1140. The summed E-state index contributed by atoms with van der Waals surface area (Å²) in [6.07, 6.45) is 1.47. The van der Waals surface area contributed by atoms with Crippen LogP contribution in [0.15, 0.2) is 41.3 Å². The van der Waals surface area contributed by atoms with Crippen LogP contribution in [-0.4, -0.2) is 32.8 Å². The van der Waals surface area contributed by atoms with Gasteiger partial charge in [0.2, 0.25) is 21.8 Å². The molecule has 2 aromatic carbocycles. The quantitative estimate of drug-likeness (QED) is 0.694. The molecule has 0 bridgehead atoms. The minimum absolute atomic E-state index is 0.0670. The van der Waals surface area contributed by atoms with Crippen molar-refractivity contribution in [3.63, 3.8) is 0 Å². The van der Waals surface area contributed by atoms with Gasteiger partial charge in [0, 0.05) is 24.8 Å². The molecule has 0 radical (unpaired) electrons. The van der Waals surface area contributed by atoms with Crippen LogP contribution in [0.25, 0.3) is 0 Å². The summed E-state index contributed by atoms with van der Waals surface area (Å²) in [5, 5.41) is 2.86. The minimum atomic E-state index is -3.95. The molecule has 2 N–H and O–H groups in total. The minimum Gasteiger partial charge on any atom is -0.324 e. The molecule has 172 valence electrons. The van der Waals surface area contributed by atoms with Crippen molar-refractivity contribution in [2.45, 2.75) is 58.4 Å². The molecule has 0 aliphatic carbocycles. The average molecular weight is 458 g/mol. The maximum atomic E-state index is 13.2. The molecule has 0 aromatic heterocycles. The number of hydrogen-bond donors (Lipinski definition) is 2. The molecule has 1 aliphatic rings. The number of nitrogens with zero attached hydrogens (tertiary/aromatic N) is 1. The molecular formula is C24H31N3O4S. The standard InChI is InChI=1S/C24H31N3O4S/c1-15(2)23(24(29)25-21-13-16(3)8-9-17(21)4)26-32(30,31)20-10-11-22-19(14-20)7-6-12-27(22)18(5)28/h8-11,13-15,23,26H,6-7,12H2,1-5H3,(H,25,29)/t23-/m0/s1. The van der Waals surface area contributed by atoms with Crippen molar-refractivity contribution in [2.75, 3.05) is 16.8 Å². The molecule has 32 heavy (non-hydrogen) atoms. The second kappa shape index (κ2) is 9.42. The third kappa shape index (κ3) is 5.19. The molecule has 2 aromatic rings. The van der Waals surface area contributed by atoms with Gasteiger partial charge in [-0.2, -0.15) is 4.72 Å². The highest BCUT2D eigenvalue weighted by molar-refractivity contribution is 7.89. The van der Waals surface area contributed by atoms with Gasteiger partial charge in [-0.05, 0) is 73.6 Å². The van der Waals surface area contributed by atoms with Crippen molar-refractivity contribution >= 4 is 33.2 Å². The molecule has 0 fully saturated rings. The van der Waals surface area contributed by atoms with Gasteiger partial charge in [-0.3, -0.25) is 9.59 Å².